The Bertz CT molecular complexity index is 1300. The third-order valence-electron chi connectivity index (χ3n) is 6.78. The third kappa shape index (κ3) is 5.89. The minimum atomic E-state index is -0.462. The summed E-state index contributed by atoms with van der Waals surface area (Å²) in [6, 6.07) is 35.1. The van der Waals surface area contributed by atoms with E-state index >= 15 is 0 Å². The van der Waals surface area contributed by atoms with E-state index in [1.165, 1.54) is 0 Å². The van der Waals surface area contributed by atoms with E-state index in [4.69, 9.17) is 0 Å². The second kappa shape index (κ2) is 11.6. The van der Waals surface area contributed by atoms with Crippen LogP contribution in [0.5, 0.6) is 0 Å². The molecular formula is C32H31N3O2. The van der Waals surface area contributed by atoms with Crippen LogP contribution in [0.25, 0.3) is 0 Å². The van der Waals surface area contributed by atoms with Gasteiger partial charge in [0.05, 0.1) is 11.5 Å². The quantitative estimate of drug-likeness (QED) is 0.320. The molecule has 0 radical (unpaired) electrons. The van der Waals surface area contributed by atoms with Gasteiger partial charge in [0.25, 0.3) is 5.91 Å². The van der Waals surface area contributed by atoms with E-state index in [0.717, 1.165) is 48.3 Å². The van der Waals surface area contributed by atoms with Crippen LogP contribution >= 0.6 is 0 Å². The molecule has 4 aromatic rings. The zero-order valence-electron chi connectivity index (χ0n) is 20.8. The highest BCUT2D eigenvalue weighted by Crippen LogP contribution is 2.30. The number of carbonyl (C=O) groups is 2. The Balaban J connectivity index is 1.42. The molecule has 1 fully saturated rings. The fourth-order valence-electron chi connectivity index (χ4n) is 4.90. The fraction of sp³-hybridized carbons (Fsp3) is 0.188. The molecule has 5 heteroatoms. The van der Waals surface area contributed by atoms with E-state index in [1.54, 1.807) is 6.07 Å². The van der Waals surface area contributed by atoms with Crippen molar-refractivity contribution in [3.05, 3.63) is 131 Å². The summed E-state index contributed by atoms with van der Waals surface area (Å²) in [6.07, 6.45) is 2.22. The van der Waals surface area contributed by atoms with Crippen LogP contribution in [0.1, 0.15) is 45.8 Å². The topological polar surface area (TPSA) is 61.4 Å². The lowest BCUT2D eigenvalue weighted by Crippen LogP contribution is -2.28. The average Bonchev–Trinajstić information content (AvgIpc) is 3.49. The van der Waals surface area contributed by atoms with E-state index < -0.39 is 5.92 Å². The van der Waals surface area contributed by atoms with Gasteiger partial charge in [-0.1, -0.05) is 91.0 Å². The highest BCUT2D eigenvalue weighted by molar-refractivity contribution is 6.03. The monoisotopic (exact) mass is 489 g/mol. The van der Waals surface area contributed by atoms with Crippen LogP contribution in [0.2, 0.25) is 0 Å². The van der Waals surface area contributed by atoms with Gasteiger partial charge in [-0.15, -0.1) is 0 Å². The number of hydrogen-bond acceptors (Lipinski definition) is 3. The maximum atomic E-state index is 13.6. The molecule has 1 saturated heterocycles. The molecule has 2 amide bonds. The summed E-state index contributed by atoms with van der Waals surface area (Å²) in [5, 5.41) is 6.14. The number of anilines is 2. The van der Waals surface area contributed by atoms with Crippen LogP contribution in [0.3, 0.4) is 0 Å². The fourth-order valence-corrected chi connectivity index (χ4v) is 4.90. The Kier molecular flexibility index (Phi) is 7.60. The first-order valence-electron chi connectivity index (χ1n) is 12.8. The summed E-state index contributed by atoms with van der Waals surface area (Å²) >= 11 is 0. The zero-order chi connectivity index (χ0) is 25.5. The maximum Gasteiger partial charge on any atom is 0.253 e. The number of hydrogen-bond donors (Lipinski definition) is 2. The molecule has 0 saturated carbocycles. The molecule has 186 valence electrons. The third-order valence-corrected chi connectivity index (χ3v) is 6.78. The van der Waals surface area contributed by atoms with Crippen LogP contribution in [0.15, 0.2) is 109 Å². The molecule has 5 nitrogen and oxygen atoms in total. The largest absolute Gasteiger partial charge is 0.371 e. The summed E-state index contributed by atoms with van der Waals surface area (Å²) in [4.78, 5) is 29.2. The second-order valence-corrected chi connectivity index (χ2v) is 9.34. The molecule has 0 bridgehead atoms. The number of nitrogens with zero attached hydrogens (tertiary/aromatic N) is 1. The molecule has 0 spiro atoms. The van der Waals surface area contributed by atoms with Gasteiger partial charge in [0.2, 0.25) is 5.91 Å². The smallest absolute Gasteiger partial charge is 0.253 e. The van der Waals surface area contributed by atoms with Gasteiger partial charge in [0.1, 0.15) is 0 Å². The first-order valence-corrected chi connectivity index (χ1v) is 12.8. The molecular weight excluding hydrogens is 458 g/mol. The van der Waals surface area contributed by atoms with Crippen molar-refractivity contribution in [2.45, 2.75) is 25.3 Å². The summed E-state index contributed by atoms with van der Waals surface area (Å²) in [5.74, 6) is -0.748. The lowest BCUT2D eigenvalue weighted by molar-refractivity contribution is -0.116. The van der Waals surface area contributed by atoms with E-state index in [-0.39, 0.29) is 11.8 Å². The number of amides is 2. The first-order chi connectivity index (χ1) is 18.2. The average molecular weight is 490 g/mol. The van der Waals surface area contributed by atoms with Gasteiger partial charge in [0, 0.05) is 31.0 Å². The minimum absolute atomic E-state index is 0.137. The molecule has 1 aliphatic heterocycles. The molecule has 0 unspecified atom stereocenters. The molecule has 0 atom stereocenters. The SMILES string of the molecule is O=C(NCc1ccccc1)c1cc(NC(=O)C(c2ccccc2)c2ccccc2)ccc1N1CCCC1. The van der Waals surface area contributed by atoms with Crippen LogP contribution in [0, 0.1) is 0 Å². The van der Waals surface area contributed by atoms with E-state index in [0.29, 0.717) is 17.8 Å². The molecule has 4 aromatic carbocycles. The van der Waals surface area contributed by atoms with Gasteiger partial charge in [-0.2, -0.15) is 0 Å². The standard InChI is InChI=1S/C32H31N3O2/c36-31(33-23-24-12-4-1-5-13-24)28-22-27(18-19-29(28)35-20-10-11-21-35)34-32(37)30(25-14-6-2-7-15-25)26-16-8-3-9-17-26/h1-9,12-19,22,30H,10-11,20-21,23H2,(H,33,36)(H,34,37). The summed E-state index contributed by atoms with van der Waals surface area (Å²) in [7, 11) is 0. The lowest BCUT2D eigenvalue weighted by Gasteiger charge is -2.23. The van der Waals surface area contributed by atoms with Crippen molar-refractivity contribution in [1.29, 1.82) is 0 Å². The number of benzene rings is 4. The van der Waals surface area contributed by atoms with Crippen LogP contribution in [0.4, 0.5) is 11.4 Å². The van der Waals surface area contributed by atoms with Crippen LogP contribution in [-0.4, -0.2) is 24.9 Å². The second-order valence-electron chi connectivity index (χ2n) is 9.34. The van der Waals surface area contributed by atoms with Crippen molar-refractivity contribution in [1.82, 2.24) is 5.32 Å². The van der Waals surface area contributed by atoms with Gasteiger partial charge < -0.3 is 15.5 Å². The molecule has 1 heterocycles. The van der Waals surface area contributed by atoms with E-state index in [9.17, 15) is 9.59 Å². The van der Waals surface area contributed by atoms with E-state index in [2.05, 4.69) is 15.5 Å². The summed E-state index contributed by atoms with van der Waals surface area (Å²) < 4.78 is 0. The molecule has 37 heavy (non-hydrogen) atoms. The Morgan fingerprint density at radius 2 is 1.30 bits per heavy atom. The predicted molar refractivity (Wildman–Crippen MR) is 149 cm³/mol. The van der Waals surface area contributed by atoms with Crippen LogP contribution < -0.4 is 15.5 Å². The Morgan fingerprint density at radius 3 is 1.89 bits per heavy atom. The Morgan fingerprint density at radius 1 is 0.730 bits per heavy atom. The maximum absolute atomic E-state index is 13.6. The lowest BCUT2D eigenvalue weighted by atomic mass is 9.90. The van der Waals surface area contributed by atoms with Crippen LogP contribution in [-0.2, 0) is 11.3 Å². The van der Waals surface area contributed by atoms with E-state index in [1.807, 2.05) is 103 Å². The number of nitrogens with one attached hydrogen (secondary N) is 2. The van der Waals surface area contributed by atoms with Gasteiger partial charge in [-0.25, -0.2) is 0 Å². The summed E-state index contributed by atoms with van der Waals surface area (Å²) in [5.41, 5.74) is 4.96. The van der Waals surface area contributed by atoms with Gasteiger partial charge in [0.15, 0.2) is 0 Å². The Labute approximate surface area is 218 Å². The molecule has 1 aliphatic rings. The number of rotatable bonds is 8. The first kappa shape index (κ1) is 24.3. The molecule has 0 aromatic heterocycles. The molecule has 0 aliphatic carbocycles. The molecule has 5 rings (SSSR count). The zero-order valence-corrected chi connectivity index (χ0v) is 20.8. The number of carbonyl (C=O) groups excluding carboxylic acids is 2. The van der Waals surface area contributed by atoms with Crippen molar-refractivity contribution in [3.63, 3.8) is 0 Å². The van der Waals surface area contributed by atoms with Gasteiger partial charge in [-0.05, 0) is 47.7 Å². The minimum Gasteiger partial charge on any atom is -0.371 e. The van der Waals surface area contributed by atoms with Crippen molar-refractivity contribution in [2.75, 3.05) is 23.3 Å². The normalized spacial score (nSPS) is 12.9. The van der Waals surface area contributed by atoms with Crippen molar-refractivity contribution < 1.29 is 9.59 Å². The van der Waals surface area contributed by atoms with Crippen molar-refractivity contribution >= 4 is 23.2 Å². The van der Waals surface area contributed by atoms with Gasteiger partial charge >= 0.3 is 0 Å². The van der Waals surface area contributed by atoms with Crippen molar-refractivity contribution in [3.8, 4) is 0 Å². The predicted octanol–water partition coefficient (Wildman–Crippen LogP) is 5.99. The van der Waals surface area contributed by atoms with Gasteiger partial charge in [-0.3, -0.25) is 9.59 Å². The molecule has 2 N–H and O–H groups in total. The summed E-state index contributed by atoms with van der Waals surface area (Å²) in [6.45, 7) is 2.29. The van der Waals surface area contributed by atoms with Crippen molar-refractivity contribution in [2.24, 2.45) is 0 Å². The highest BCUT2D eigenvalue weighted by atomic mass is 16.2. The Hall–Kier alpha value is -4.38. The highest BCUT2D eigenvalue weighted by Gasteiger charge is 2.24.